The summed E-state index contributed by atoms with van der Waals surface area (Å²) < 4.78 is 6.59. The number of benzene rings is 1. The SMILES string of the molecule is CC(C)c1cc(Br)ccc1OCC(O)CN. The van der Waals surface area contributed by atoms with Crippen LogP contribution >= 0.6 is 15.9 Å². The van der Waals surface area contributed by atoms with E-state index in [1.54, 1.807) is 0 Å². The zero-order valence-corrected chi connectivity index (χ0v) is 11.2. The Kier molecular flexibility index (Phi) is 5.25. The molecule has 0 heterocycles. The molecular formula is C12H18BrNO2. The Bertz CT molecular complexity index is 342. The number of ether oxygens (including phenoxy) is 1. The zero-order valence-electron chi connectivity index (χ0n) is 9.61. The highest BCUT2D eigenvalue weighted by molar-refractivity contribution is 9.10. The first-order valence-electron chi connectivity index (χ1n) is 5.35. The van der Waals surface area contributed by atoms with Crippen molar-refractivity contribution in [3.8, 4) is 5.75 Å². The summed E-state index contributed by atoms with van der Waals surface area (Å²) in [6.45, 7) is 4.66. The average Bonchev–Trinajstić information content (AvgIpc) is 2.26. The maximum Gasteiger partial charge on any atom is 0.122 e. The second-order valence-corrected chi connectivity index (χ2v) is 4.95. The molecule has 0 aromatic heterocycles. The van der Waals surface area contributed by atoms with Crippen LogP contribution in [0.1, 0.15) is 25.3 Å². The van der Waals surface area contributed by atoms with E-state index in [1.807, 2.05) is 18.2 Å². The molecule has 0 aliphatic heterocycles. The summed E-state index contributed by atoms with van der Waals surface area (Å²) >= 11 is 3.43. The molecule has 3 N–H and O–H groups in total. The van der Waals surface area contributed by atoms with Gasteiger partial charge < -0.3 is 15.6 Å². The van der Waals surface area contributed by atoms with Crippen molar-refractivity contribution < 1.29 is 9.84 Å². The molecule has 4 heteroatoms. The summed E-state index contributed by atoms with van der Waals surface area (Å²) in [5.41, 5.74) is 6.44. The van der Waals surface area contributed by atoms with Crippen molar-refractivity contribution in [3.63, 3.8) is 0 Å². The molecule has 0 spiro atoms. The Labute approximate surface area is 105 Å². The van der Waals surface area contributed by atoms with E-state index in [0.717, 1.165) is 15.8 Å². The molecule has 0 bridgehead atoms. The fourth-order valence-corrected chi connectivity index (χ4v) is 1.73. The predicted octanol–water partition coefficient (Wildman–Crippen LogP) is 2.27. The lowest BCUT2D eigenvalue weighted by molar-refractivity contribution is 0.113. The van der Waals surface area contributed by atoms with Gasteiger partial charge in [-0.05, 0) is 29.7 Å². The smallest absolute Gasteiger partial charge is 0.122 e. The Hall–Kier alpha value is -0.580. The summed E-state index contributed by atoms with van der Waals surface area (Å²) in [7, 11) is 0. The second-order valence-electron chi connectivity index (χ2n) is 4.04. The fraction of sp³-hybridized carbons (Fsp3) is 0.500. The lowest BCUT2D eigenvalue weighted by Crippen LogP contribution is -2.26. The van der Waals surface area contributed by atoms with Gasteiger partial charge in [-0.2, -0.15) is 0 Å². The van der Waals surface area contributed by atoms with Crippen LogP contribution in [0.2, 0.25) is 0 Å². The zero-order chi connectivity index (χ0) is 12.1. The quantitative estimate of drug-likeness (QED) is 0.874. The molecule has 1 atom stereocenters. The standard InChI is InChI=1S/C12H18BrNO2/c1-8(2)11-5-9(13)3-4-12(11)16-7-10(15)6-14/h3-5,8,10,15H,6-7,14H2,1-2H3. The van der Waals surface area contributed by atoms with E-state index in [9.17, 15) is 5.11 Å². The number of hydrogen-bond acceptors (Lipinski definition) is 3. The predicted molar refractivity (Wildman–Crippen MR) is 68.8 cm³/mol. The van der Waals surface area contributed by atoms with Gasteiger partial charge in [-0.15, -0.1) is 0 Å². The van der Waals surface area contributed by atoms with E-state index in [1.165, 1.54) is 0 Å². The first-order valence-corrected chi connectivity index (χ1v) is 6.14. The molecular weight excluding hydrogens is 270 g/mol. The molecule has 1 aromatic rings. The van der Waals surface area contributed by atoms with Crippen LogP contribution in [0, 0.1) is 0 Å². The third kappa shape index (κ3) is 3.77. The van der Waals surface area contributed by atoms with Gasteiger partial charge in [0.25, 0.3) is 0 Å². The van der Waals surface area contributed by atoms with Crippen molar-refractivity contribution in [1.29, 1.82) is 0 Å². The van der Waals surface area contributed by atoms with Gasteiger partial charge in [0, 0.05) is 11.0 Å². The highest BCUT2D eigenvalue weighted by Gasteiger charge is 2.10. The van der Waals surface area contributed by atoms with Gasteiger partial charge in [-0.1, -0.05) is 29.8 Å². The molecule has 0 saturated heterocycles. The number of hydrogen-bond donors (Lipinski definition) is 2. The minimum absolute atomic E-state index is 0.216. The third-order valence-corrected chi connectivity index (χ3v) is 2.79. The normalized spacial score (nSPS) is 12.9. The first kappa shape index (κ1) is 13.5. The van der Waals surface area contributed by atoms with Crippen LogP contribution in [0.25, 0.3) is 0 Å². The maximum atomic E-state index is 9.34. The van der Waals surface area contributed by atoms with Crippen LogP contribution in [0.15, 0.2) is 22.7 Å². The van der Waals surface area contributed by atoms with E-state index in [2.05, 4.69) is 29.8 Å². The summed E-state index contributed by atoms with van der Waals surface area (Å²) in [6.07, 6.45) is -0.608. The van der Waals surface area contributed by atoms with Crippen LogP contribution in [-0.4, -0.2) is 24.4 Å². The van der Waals surface area contributed by atoms with Crippen molar-refractivity contribution in [1.82, 2.24) is 0 Å². The average molecular weight is 288 g/mol. The molecule has 0 radical (unpaired) electrons. The molecule has 1 aromatic carbocycles. The van der Waals surface area contributed by atoms with Gasteiger partial charge in [0.05, 0.1) is 0 Å². The summed E-state index contributed by atoms with van der Waals surface area (Å²) in [5, 5.41) is 9.34. The molecule has 0 aliphatic carbocycles. The lowest BCUT2D eigenvalue weighted by Gasteiger charge is -2.16. The molecule has 0 fully saturated rings. The summed E-state index contributed by atoms with van der Waals surface area (Å²) in [4.78, 5) is 0. The molecule has 16 heavy (non-hydrogen) atoms. The van der Waals surface area contributed by atoms with Gasteiger partial charge in [-0.25, -0.2) is 0 Å². The molecule has 0 aliphatic rings. The van der Waals surface area contributed by atoms with Crippen molar-refractivity contribution in [3.05, 3.63) is 28.2 Å². The van der Waals surface area contributed by atoms with Crippen molar-refractivity contribution in [2.75, 3.05) is 13.2 Å². The van der Waals surface area contributed by atoms with Gasteiger partial charge >= 0.3 is 0 Å². The Morgan fingerprint density at radius 1 is 1.44 bits per heavy atom. The Morgan fingerprint density at radius 3 is 2.69 bits per heavy atom. The van der Waals surface area contributed by atoms with Crippen LogP contribution in [0.4, 0.5) is 0 Å². The van der Waals surface area contributed by atoms with Crippen molar-refractivity contribution in [2.45, 2.75) is 25.9 Å². The molecule has 1 unspecified atom stereocenters. The van der Waals surface area contributed by atoms with Crippen molar-refractivity contribution in [2.24, 2.45) is 5.73 Å². The van der Waals surface area contributed by atoms with Gasteiger partial charge in [-0.3, -0.25) is 0 Å². The van der Waals surface area contributed by atoms with Crippen LogP contribution in [-0.2, 0) is 0 Å². The molecule has 1 rings (SSSR count). The Balaban J connectivity index is 2.78. The molecule has 90 valence electrons. The molecule has 3 nitrogen and oxygen atoms in total. The van der Waals surface area contributed by atoms with Gasteiger partial charge in [0.2, 0.25) is 0 Å². The number of aliphatic hydroxyl groups is 1. The fourth-order valence-electron chi connectivity index (χ4n) is 1.36. The number of rotatable bonds is 5. The highest BCUT2D eigenvalue weighted by atomic mass is 79.9. The number of nitrogens with two attached hydrogens (primary N) is 1. The van der Waals surface area contributed by atoms with Crippen molar-refractivity contribution >= 4 is 15.9 Å². The topological polar surface area (TPSA) is 55.5 Å². The van der Waals surface area contributed by atoms with Crippen LogP contribution in [0.3, 0.4) is 0 Å². The first-order chi connectivity index (χ1) is 7.54. The van der Waals surface area contributed by atoms with E-state index in [0.29, 0.717) is 5.92 Å². The third-order valence-electron chi connectivity index (χ3n) is 2.30. The van der Waals surface area contributed by atoms with E-state index in [4.69, 9.17) is 10.5 Å². The van der Waals surface area contributed by atoms with Gasteiger partial charge in [0.15, 0.2) is 0 Å². The maximum absolute atomic E-state index is 9.34. The van der Waals surface area contributed by atoms with E-state index >= 15 is 0 Å². The summed E-state index contributed by atoms with van der Waals surface area (Å²) in [5.74, 6) is 1.19. The highest BCUT2D eigenvalue weighted by Crippen LogP contribution is 2.29. The van der Waals surface area contributed by atoms with E-state index in [-0.39, 0.29) is 13.2 Å². The largest absolute Gasteiger partial charge is 0.491 e. The lowest BCUT2D eigenvalue weighted by atomic mass is 10.0. The molecule has 0 saturated carbocycles. The Morgan fingerprint density at radius 2 is 2.12 bits per heavy atom. The summed E-state index contributed by atoms with van der Waals surface area (Å²) in [6, 6.07) is 5.87. The monoisotopic (exact) mass is 287 g/mol. The van der Waals surface area contributed by atoms with E-state index < -0.39 is 6.10 Å². The number of aliphatic hydroxyl groups excluding tert-OH is 1. The van der Waals surface area contributed by atoms with Gasteiger partial charge in [0.1, 0.15) is 18.5 Å². The minimum atomic E-state index is -0.608. The second kappa shape index (κ2) is 6.23. The molecule has 0 amide bonds. The number of halogens is 1. The van der Waals surface area contributed by atoms with Crippen LogP contribution < -0.4 is 10.5 Å². The van der Waals surface area contributed by atoms with Crippen LogP contribution in [0.5, 0.6) is 5.75 Å². The minimum Gasteiger partial charge on any atom is -0.491 e.